The van der Waals surface area contributed by atoms with E-state index in [-0.39, 0.29) is 5.82 Å². The molecule has 0 saturated carbocycles. The Morgan fingerprint density at radius 3 is 2.62 bits per heavy atom. The molecule has 5 heteroatoms. The molecule has 4 aromatic rings. The summed E-state index contributed by atoms with van der Waals surface area (Å²) in [6.07, 6.45) is 3.43. The Bertz CT molecular complexity index is 905. The maximum atomic E-state index is 13.1. The second-order valence-corrected chi connectivity index (χ2v) is 4.81. The number of imidazole rings is 1. The molecule has 4 rings (SSSR count). The van der Waals surface area contributed by atoms with Crippen molar-refractivity contribution < 1.29 is 4.39 Å². The molecular weight excluding hydrogens is 267 g/mol. The van der Waals surface area contributed by atoms with Gasteiger partial charge in [-0.1, -0.05) is 6.07 Å². The second kappa shape index (κ2) is 4.56. The van der Waals surface area contributed by atoms with Gasteiger partial charge in [0.2, 0.25) is 0 Å². The molecule has 2 N–H and O–H groups in total. The van der Waals surface area contributed by atoms with Crippen LogP contribution in [0.15, 0.2) is 55.0 Å². The standard InChI is InChI=1S/C16H11FN4/c17-13-4-1-10(2-5-13)15-16(19-9-18-15)11-3-6-14-12(7-11)8-20-21-14/h1-9H,(H,18,19)(H,20,21). The first-order valence-electron chi connectivity index (χ1n) is 6.54. The minimum atomic E-state index is -0.254. The number of halogens is 1. The number of benzene rings is 2. The van der Waals surface area contributed by atoms with Crippen molar-refractivity contribution in [2.24, 2.45) is 0 Å². The summed E-state index contributed by atoms with van der Waals surface area (Å²) in [7, 11) is 0. The molecule has 0 aliphatic rings. The van der Waals surface area contributed by atoms with Crippen molar-refractivity contribution in [3.63, 3.8) is 0 Å². The van der Waals surface area contributed by atoms with Gasteiger partial charge in [-0.3, -0.25) is 5.10 Å². The number of aromatic nitrogens is 4. The normalized spacial score (nSPS) is 11.1. The molecule has 0 bridgehead atoms. The van der Waals surface area contributed by atoms with Gasteiger partial charge in [0.05, 0.1) is 29.4 Å². The molecule has 2 aromatic carbocycles. The molecule has 2 heterocycles. The van der Waals surface area contributed by atoms with Crippen LogP contribution in [0.3, 0.4) is 0 Å². The summed E-state index contributed by atoms with van der Waals surface area (Å²) in [5, 5.41) is 7.98. The lowest BCUT2D eigenvalue weighted by molar-refractivity contribution is 0.628. The van der Waals surface area contributed by atoms with Crippen molar-refractivity contribution in [2.45, 2.75) is 0 Å². The smallest absolute Gasteiger partial charge is 0.123 e. The lowest BCUT2D eigenvalue weighted by Crippen LogP contribution is -1.85. The van der Waals surface area contributed by atoms with E-state index in [0.717, 1.165) is 33.4 Å². The molecule has 0 atom stereocenters. The average molecular weight is 278 g/mol. The summed E-state index contributed by atoms with van der Waals surface area (Å²) < 4.78 is 13.1. The summed E-state index contributed by atoms with van der Waals surface area (Å²) in [6, 6.07) is 12.4. The zero-order chi connectivity index (χ0) is 14.2. The van der Waals surface area contributed by atoms with E-state index in [9.17, 15) is 4.39 Å². The monoisotopic (exact) mass is 278 g/mol. The highest BCUT2D eigenvalue weighted by molar-refractivity contribution is 5.86. The molecular formula is C16H11FN4. The molecule has 0 amide bonds. The number of nitrogens with zero attached hydrogens (tertiary/aromatic N) is 2. The zero-order valence-electron chi connectivity index (χ0n) is 11.0. The SMILES string of the molecule is Fc1ccc(-c2nc[nH]c2-c2ccc3[nH]ncc3c2)cc1. The molecule has 2 aromatic heterocycles. The molecule has 21 heavy (non-hydrogen) atoms. The van der Waals surface area contributed by atoms with Crippen LogP contribution in [0.4, 0.5) is 4.39 Å². The molecule has 0 radical (unpaired) electrons. The van der Waals surface area contributed by atoms with E-state index >= 15 is 0 Å². The van der Waals surface area contributed by atoms with Crippen LogP contribution in [-0.2, 0) is 0 Å². The zero-order valence-corrected chi connectivity index (χ0v) is 11.0. The van der Waals surface area contributed by atoms with Crippen LogP contribution < -0.4 is 0 Å². The molecule has 0 aliphatic carbocycles. The quantitative estimate of drug-likeness (QED) is 0.586. The van der Waals surface area contributed by atoms with Crippen molar-refractivity contribution in [1.29, 1.82) is 0 Å². The molecule has 0 aliphatic heterocycles. The van der Waals surface area contributed by atoms with Gasteiger partial charge < -0.3 is 4.98 Å². The molecule has 0 spiro atoms. The van der Waals surface area contributed by atoms with Gasteiger partial charge in [0.25, 0.3) is 0 Å². The van der Waals surface area contributed by atoms with Gasteiger partial charge in [-0.2, -0.15) is 5.10 Å². The Balaban J connectivity index is 1.85. The highest BCUT2D eigenvalue weighted by Gasteiger charge is 2.11. The topological polar surface area (TPSA) is 57.4 Å². The van der Waals surface area contributed by atoms with Gasteiger partial charge in [0.15, 0.2) is 0 Å². The largest absolute Gasteiger partial charge is 0.344 e. The van der Waals surface area contributed by atoms with E-state index in [1.807, 2.05) is 18.2 Å². The summed E-state index contributed by atoms with van der Waals surface area (Å²) >= 11 is 0. The summed E-state index contributed by atoms with van der Waals surface area (Å²) in [5.41, 5.74) is 4.59. The molecule has 102 valence electrons. The molecule has 0 unspecified atom stereocenters. The van der Waals surface area contributed by atoms with E-state index in [1.165, 1.54) is 12.1 Å². The predicted octanol–water partition coefficient (Wildman–Crippen LogP) is 3.76. The Labute approximate surface area is 119 Å². The van der Waals surface area contributed by atoms with Gasteiger partial charge in [-0.25, -0.2) is 9.37 Å². The molecule has 0 fully saturated rings. The third-order valence-corrected chi connectivity index (χ3v) is 3.49. The van der Waals surface area contributed by atoms with Gasteiger partial charge in [0.1, 0.15) is 5.82 Å². The number of hydrogen-bond acceptors (Lipinski definition) is 2. The van der Waals surface area contributed by atoms with Crippen LogP contribution in [0.2, 0.25) is 0 Å². The first-order valence-corrected chi connectivity index (χ1v) is 6.54. The maximum Gasteiger partial charge on any atom is 0.123 e. The highest BCUT2D eigenvalue weighted by atomic mass is 19.1. The van der Waals surface area contributed by atoms with Crippen molar-refractivity contribution in [3.8, 4) is 22.5 Å². The van der Waals surface area contributed by atoms with Gasteiger partial charge in [-0.05, 0) is 36.4 Å². The van der Waals surface area contributed by atoms with Crippen molar-refractivity contribution in [2.75, 3.05) is 0 Å². The average Bonchev–Trinajstić information content (AvgIpc) is 3.16. The lowest BCUT2D eigenvalue weighted by Gasteiger charge is -2.04. The van der Waals surface area contributed by atoms with Crippen molar-refractivity contribution in [3.05, 3.63) is 60.8 Å². The fourth-order valence-corrected chi connectivity index (χ4v) is 2.44. The number of nitrogens with one attached hydrogen (secondary N) is 2. The Hall–Kier alpha value is -2.95. The van der Waals surface area contributed by atoms with Crippen LogP contribution >= 0.6 is 0 Å². The summed E-state index contributed by atoms with van der Waals surface area (Å²) in [5.74, 6) is -0.254. The Morgan fingerprint density at radius 1 is 0.952 bits per heavy atom. The van der Waals surface area contributed by atoms with E-state index < -0.39 is 0 Å². The Morgan fingerprint density at radius 2 is 1.76 bits per heavy atom. The van der Waals surface area contributed by atoms with Crippen LogP contribution in [0, 0.1) is 5.82 Å². The van der Waals surface area contributed by atoms with E-state index in [0.29, 0.717) is 0 Å². The number of H-pyrrole nitrogens is 2. The van der Waals surface area contributed by atoms with Gasteiger partial charge in [-0.15, -0.1) is 0 Å². The molecule has 0 saturated heterocycles. The summed E-state index contributed by atoms with van der Waals surface area (Å²) in [6.45, 7) is 0. The number of hydrogen-bond donors (Lipinski definition) is 2. The molecule has 4 nitrogen and oxygen atoms in total. The predicted molar refractivity (Wildman–Crippen MR) is 79.1 cm³/mol. The van der Waals surface area contributed by atoms with Gasteiger partial charge in [0, 0.05) is 16.5 Å². The van der Waals surface area contributed by atoms with E-state index in [2.05, 4.69) is 20.2 Å². The van der Waals surface area contributed by atoms with Gasteiger partial charge >= 0.3 is 0 Å². The van der Waals surface area contributed by atoms with Crippen LogP contribution in [0.1, 0.15) is 0 Å². The van der Waals surface area contributed by atoms with Crippen molar-refractivity contribution in [1.82, 2.24) is 20.2 Å². The third kappa shape index (κ3) is 1.99. The second-order valence-electron chi connectivity index (χ2n) is 4.81. The van der Waals surface area contributed by atoms with Crippen molar-refractivity contribution >= 4 is 10.9 Å². The number of aromatic amines is 2. The lowest BCUT2D eigenvalue weighted by atomic mass is 10.0. The summed E-state index contributed by atoms with van der Waals surface area (Å²) in [4.78, 5) is 7.52. The van der Waals surface area contributed by atoms with E-state index in [1.54, 1.807) is 24.7 Å². The third-order valence-electron chi connectivity index (χ3n) is 3.49. The van der Waals surface area contributed by atoms with Crippen LogP contribution in [-0.4, -0.2) is 20.2 Å². The number of rotatable bonds is 2. The first kappa shape index (κ1) is 11.8. The first-order chi connectivity index (χ1) is 10.3. The minimum Gasteiger partial charge on any atom is -0.344 e. The van der Waals surface area contributed by atoms with Crippen LogP contribution in [0.25, 0.3) is 33.4 Å². The fraction of sp³-hybridized carbons (Fsp3) is 0. The fourth-order valence-electron chi connectivity index (χ4n) is 2.44. The van der Waals surface area contributed by atoms with E-state index in [4.69, 9.17) is 0 Å². The Kier molecular flexibility index (Phi) is 2.57. The number of fused-ring (bicyclic) bond motifs is 1. The highest BCUT2D eigenvalue weighted by Crippen LogP contribution is 2.30. The maximum absolute atomic E-state index is 13.1. The minimum absolute atomic E-state index is 0.254. The van der Waals surface area contributed by atoms with Crippen LogP contribution in [0.5, 0.6) is 0 Å².